The van der Waals surface area contributed by atoms with Gasteiger partial charge >= 0.3 is 6.09 Å². The zero-order chi connectivity index (χ0) is 19.1. The predicted molar refractivity (Wildman–Crippen MR) is 102 cm³/mol. The molecule has 1 amide bonds. The van der Waals surface area contributed by atoms with Crippen LogP contribution in [-0.2, 0) is 11.3 Å². The first kappa shape index (κ1) is 19.6. The van der Waals surface area contributed by atoms with Crippen LogP contribution in [0.5, 0.6) is 0 Å². The Morgan fingerprint density at radius 2 is 1.65 bits per heavy atom. The van der Waals surface area contributed by atoms with Crippen LogP contribution in [0.2, 0.25) is 5.02 Å². The number of benzene rings is 2. The van der Waals surface area contributed by atoms with Crippen molar-refractivity contribution in [2.24, 2.45) is 10.2 Å². The average molecular weight is 376 g/mol. The molecule has 0 atom stereocenters. The smallest absolute Gasteiger partial charge is 0.407 e. The van der Waals surface area contributed by atoms with E-state index in [2.05, 4.69) is 20.3 Å². The summed E-state index contributed by atoms with van der Waals surface area (Å²) in [5, 5.41) is 11.6. The molecule has 0 aliphatic rings. The Morgan fingerprint density at radius 3 is 2.27 bits per heavy atom. The number of halogens is 2. The normalized spacial score (nSPS) is 12.0. The largest absolute Gasteiger partial charge is 0.453 e. The highest BCUT2D eigenvalue weighted by Crippen LogP contribution is 2.18. The molecule has 1 N–H and O–H groups in total. The van der Waals surface area contributed by atoms with Gasteiger partial charge < -0.3 is 10.1 Å². The van der Waals surface area contributed by atoms with Crippen LogP contribution in [0, 0.1) is 5.82 Å². The molecule has 26 heavy (non-hydrogen) atoms. The third kappa shape index (κ3) is 5.39. The Morgan fingerprint density at radius 1 is 1.08 bits per heavy atom. The Bertz CT molecular complexity index is 848. The van der Waals surface area contributed by atoms with Crippen LogP contribution in [0.15, 0.2) is 52.7 Å². The summed E-state index contributed by atoms with van der Waals surface area (Å²) >= 11 is 6.16. The predicted octanol–water partition coefficient (Wildman–Crippen LogP) is 4.57. The first-order valence-electron chi connectivity index (χ1n) is 7.86. The maximum absolute atomic E-state index is 13.0. The maximum Gasteiger partial charge on any atom is 0.407 e. The monoisotopic (exact) mass is 375 g/mol. The number of carbonyl (C=O) groups is 1. The van der Waals surface area contributed by atoms with Gasteiger partial charge in [-0.2, -0.15) is 10.2 Å². The highest BCUT2D eigenvalue weighted by atomic mass is 35.5. The van der Waals surface area contributed by atoms with Crippen LogP contribution >= 0.6 is 11.6 Å². The molecule has 0 saturated carbocycles. The Labute approximate surface area is 156 Å². The molecule has 2 aromatic rings. The van der Waals surface area contributed by atoms with Crippen molar-refractivity contribution in [3.63, 3.8) is 0 Å². The number of hydrogen-bond donors (Lipinski definition) is 1. The van der Waals surface area contributed by atoms with Crippen molar-refractivity contribution in [3.8, 4) is 0 Å². The number of alkyl carbamates (subject to hydrolysis) is 1. The molecule has 0 heterocycles. The third-order valence-electron chi connectivity index (χ3n) is 3.68. The van der Waals surface area contributed by atoms with Gasteiger partial charge in [0, 0.05) is 11.6 Å². The molecule has 136 valence electrons. The second-order valence-electron chi connectivity index (χ2n) is 5.53. The number of hydrogen-bond acceptors (Lipinski definition) is 4. The number of ether oxygens (including phenoxy) is 1. The lowest BCUT2D eigenvalue weighted by molar-refractivity contribution is 0.170. The van der Waals surface area contributed by atoms with Crippen molar-refractivity contribution < 1.29 is 13.9 Å². The third-order valence-corrected chi connectivity index (χ3v) is 4.05. The number of nitrogens with one attached hydrogen (secondary N) is 1. The minimum absolute atomic E-state index is 0.241. The van der Waals surface area contributed by atoms with Gasteiger partial charge in [-0.1, -0.05) is 29.8 Å². The summed E-state index contributed by atoms with van der Waals surface area (Å²) in [6.07, 6.45) is -0.531. The van der Waals surface area contributed by atoms with E-state index in [4.69, 9.17) is 11.6 Å². The van der Waals surface area contributed by atoms with Crippen molar-refractivity contribution >= 4 is 29.1 Å². The van der Waals surface area contributed by atoms with Crippen LogP contribution in [0.25, 0.3) is 0 Å². The summed E-state index contributed by atoms with van der Waals surface area (Å²) in [6.45, 7) is 3.87. The van der Waals surface area contributed by atoms with Gasteiger partial charge in [0.1, 0.15) is 5.82 Å². The van der Waals surface area contributed by atoms with Crippen LogP contribution < -0.4 is 5.32 Å². The lowest BCUT2D eigenvalue weighted by Gasteiger charge is -2.08. The van der Waals surface area contributed by atoms with Gasteiger partial charge in [-0.05, 0) is 54.8 Å². The van der Waals surface area contributed by atoms with Gasteiger partial charge in [0.2, 0.25) is 0 Å². The molecule has 0 saturated heterocycles. The highest BCUT2D eigenvalue weighted by Gasteiger charge is 2.07. The lowest BCUT2D eigenvalue weighted by Crippen LogP contribution is -2.22. The Kier molecular flexibility index (Phi) is 6.86. The fourth-order valence-electron chi connectivity index (χ4n) is 2.13. The van der Waals surface area contributed by atoms with Crippen molar-refractivity contribution in [2.45, 2.75) is 20.4 Å². The van der Waals surface area contributed by atoms with Gasteiger partial charge in [0.15, 0.2) is 0 Å². The molecule has 5 nitrogen and oxygen atoms in total. The zero-order valence-electron chi connectivity index (χ0n) is 14.7. The van der Waals surface area contributed by atoms with E-state index in [-0.39, 0.29) is 12.4 Å². The molecule has 0 aromatic heterocycles. The van der Waals surface area contributed by atoms with Crippen molar-refractivity contribution in [1.29, 1.82) is 0 Å². The summed E-state index contributed by atoms with van der Waals surface area (Å²) in [4.78, 5) is 11.2. The van der Waals surface area contributed by atoms with E-state index in [0.717, 1.165) is 16.7 Å². The average Bonchev–Trinajstić information content (AvgIpc) is 2.65. The molecule has 0 bridgehead atoms. The number of rotatable bonds is 5. The second-order valence-corrected chi connectivity index (χ2v) is 5.94. The minimum Gasteiger partial charge on any atom is -0.453 e. The number of carbonyl (C=O) groups excluding carboxylic acids is 1. The molecule has 7 heteroatoms. The fourth-order valence-corrected chi connectivity index (χ4v) is 2.32. The zero-order valence-corrected chi connectivity index (χ0v) is 15.5. The SMILES string of the molecule is COC(=O)NCc1cc(C(C)=NN=C(C)c2ccc(F)cc2)ccc1Cl. The fraction of sp³-hybridized carbons (Fsp3) is 0.211. The first-order chi connectivity index (χ1) is 12.4. The van der Waals surface area contributed by atoms with E-state index >= 15 is 0 Å². The number of methoxy groups -OCH3 is 1. The van der Waals surface area contributed by atoms with E-state index in [1.807, 2.05) is 19.1 Å². The number of amides is 1. The molecule has 0 unspecified atom stereocenters. The highest BCUT2D eigenvalue weighted by molar-refractivity contribution is 6.31. The van der Waals surface area contributed by atoms with Crippen molar-refractivity contribution in [3.05, 3.63) is 70.0 Å². The molecular weight excluding hydrogens is 357 g/mol. The molecule has 0 fully saturated rings. The van der Waals surface area contributed by atoms with Gasteiger partial charge in [-0.3, -0.25) is 0 Å². The second kappa shape index (κ2) is 9.10. The van der Waals surface area contributed by atoms with E-state index in [1.165, 1.54) is 19.2 Å². The molecule has 0 spiro atoms. The maximum atomic E-state index is 13.0. The topological polar surface area (TPSA) is 63.0 Å². The summed E-state index contributed by atoms with van der Waals surface area (Å²) in [6, 6.07) is 11.5. The van der Waals surface area contributed by atoms with Crippen LogP contribution in [0.4, 0.5) is 9.18 Å². The summed E-state index contributed by atoms with van der Waals surface area (Å²) in [7, 11) is 1.30. The van der Waals surface area contributed by atoms with E-state index in [1.54, 1.807) is 25.1 Å². The van der Waals surface area contributed by atoms with Gasteiger partial charge in [-0.15, -0.1) is 0 Å². The lowest BCUT2D eigenvalue weighted by atomic mass is 10.1. The van der Waals surface area contributed by atoms with Gasteiger partial charge in [0.05, 0.1) is 18.5 Å². The summed E-state index contributed by atoms with van der Waals surface area (Å²) in [5.74, 6) is -0.296. The van der Waals surface area contributed by atoms with Crippen molar-refractivity contribution in [2.75, 3.05) is 7.11 Å². The molecule has 2 rings (SSSR count). The van der Waals surface area contributed by atoms with E-state index in [0.29, 0.717) is 16.4 Å². The van der Waals surface area contributed by atoms with Gasteiger partial charge in [0.25, 0.3) is 0 Å². The van der Waals surface area contributed by atoms with Crippen LogP contribution in [-0.4, -0.2) is 24.6 Å². The van der Waals surface area contributed by atoms with Gasteiger partial charge in [-0.25, -0.2) is 9.18 Å². The molecule has 0 aliphatic carbocycles. The summed E-state index contributed by atoms with van der Waals surface area (Å²) < 4.78 is 17.5. The van der Waals surface area contributed by atoms with E-state index < -0.39 is 6.09 Å². The minimum atomic E-state index is -0.531. The number of nitrogens with zero attached hydrogens (tertiary/aromatic N) is 2. The van der Waals surface area contributed by atoms with Crippen LogP contribution in [0.1, 0.15) is 30.5 Å². The van der Waals surface area contributed by atoms with Crippen LogP contribution in [0.3, 0.4) is 0 Å². The molecule has 0 radical (unpaired) electrons. The standard InChI is InChI=1S/C19H19ClFN3O2/c1-12(14-4-7-17(21)8-5-14)23-24-13(2)15-6-9-18(20)16(10-15)11-22-19(25)26-3/h4-10H,11H2,1-3H3,(H,22,25). The Hall–Kier alpha value is -2.73. The first-order valence-corrected chi connectivity index (χ1v) is 8.24. The van der Waals surface area contributed by atoms with E-state index in [9.17, 15) is 9.18 Å². The van der Waals surface area contributed by atoms with Crippen molar-refractivity contribution in [1.82, 2.24) is 5.32 Å². The molecular formula is C19H19ClFN3O2. The molecule has 2 aromatic carbocycles. The quantitative estimate of drug-likeness (QED) is 0.614. The Balaban J connectivity index is 2.18. The summed E-state index contributed by atoms with van der Waals surface area (Å²) in [5.41, 5.74) is 3.71. The molecule has 0 aliphatic heterocycles.